The molecule has 0 fully saturated rings. The SMILES string of the molecule is Cc1cc2ccc(CCC(=O)NC(C)C)cc2[nH]c1=O. The van der Waals surface area contributed by atoms with Gasteiger partial charge in [0.25, 0.3) is 5.56 Å². The third-order valence-corrected chi connectivity index (χ3v) is 3.19. The Bertz CT molecular complexity index is 686. The van der Waals surface area contributed by atoms with Gasteiger partial charge in [-0.05, 0) is 50.3 Å². The van der Waals surface area contributed by atoms with Crippen LogP contribution >= 0.6 is 0 Å². The number of aromatic nitrogens is 1. The normalized spacial score (nSPS) is 11.0. The third kappa shape index (κ3) is 3.47. The van der Waals surface area contributed by atoms with E-state index in [9.17, 15) is 9.59 Å². The molecule has 0 saturated carbocycles. The quantitative estimate of drug-likeness (QED) is 0.897. The van der Waals surface area contributed by atoms with E-state index in [-0.39, 0.29) is 17.5 Å². The number of aromatic amines is 1. The van der Waals surface area contributed by atoms with E-state index in [1.54, 1.807) is 6.92 Å². The van der Waals surface area contributed by atoms with Crippen LogP contribution in [0.3, 0.4) is 0 Å². The van der Waals surface area contributed by atoms with E-state index in [4.69, 9.17) is 0 Å². The van der Waals surface area contributed by atoms with E-state index >= 15 is 0 Å². The highest BCUT2D eigenvalue weighted by Gasteiger charge is 2.05. The van der Waals surface area contributed by atoms with Crippen molar-refractivity contribution in [2.75, 3.05) is 0 Å². The predicted octanol–water partition coefficient (Wildman–Crippen LogP) is 2.29. The van der Waals surface area contributed by atoms with Crippen LogP contribution in [0.2, 0.25) is 0 Å². The van der Waals surface area contributed by atoms with Crippen LogP contribution in [0.25, 0.3) is 10.9 Å². The molecule has 0 saturated heterocycles. The van der Waals surface area contributed by atoms with Crippen molar-refractivity contribution in [3.8, 4) is 0 Å². The van der Waals surface area contributed by atoms with Crippen molar-refractivity contribution in [1.29, 1.82) is 0 Å². The molecular weight excluding hydrogens is 252 g/mol. The van der Waals surface area contributed by atoms with Gasteiger partial charge in [-0.15, -0.1) is 0 Å². The molecule has 20 heavy (non-hydrogen) atoms. The minimum atomic E-state index is -0.0628. The smallest absolute Gasteiger partial charge is 0.251 e. The number of nitrogens with one attached hydrogen (secondary N) is 2. The molecule has 2 N–H and O–H groups in total. The molecule has 0 aliphatic heterocycles. The zero-order chi connectivity index (χ0) is 14.7. The topological polar surface area (TPSA) is 62.0 Å². The molecule has 2 aromatic rings. The zero-order valence-corrected chi connectivity index (χ0v) is 12.1. The van der Waals surface area contributed by atoms with Gasteiger partial charge in [0.1, 0.15) is 0 Å². The van der Waals surface area contributed by atoms with Crippen LogP contribution < -0.4 is 10.9 Å². The van der Waals surface area contributed by atoms with Crippen molar-refractivity contribution >= 4 is 16.8 Å². The molecular formula is C16H20N2O2. The summed E-state index contributed by atoms with van der Waals surface area (Å²) in [6.07, 6.45) is 1.13. The molecule has 1 amide bonds. The van der Waals surface area contributed by atoms with E-state index in [0.717, 1.165) is 16.5 Å². The van der Waals surface area contributed by atoms with Gasteiger partial charge < -0.3 is 10.3 Å². The summed E-state index contributed by atoms with van der Waals surface area (Å²) < 4.78 is 0. The molecule has 0 radical (unpaired) electrons. The maximum absolute atomic E-state index is 11.6. The average molecular weight is 272 g/mol. The molecule has 1 heterocycles. The number of carbonyl (C=O) groups is 1. The summed E-state index contributed by atoms with van der Waals surface area (Å²) in [5.41, 5.74) is 2.52. The van der Waals surface area contributed by atoms with Crippen molar-refractivity contribution in [3.05, 3.63) is 45.7 Å². The summed E-state index contributed by atoms with van der Waals surface area (Å²) in [5.74, 6) is 0.0532. The summed E-state index contributed by atoms with van der Waals surface area (Å²) in [6, 6.07) is 7.97. The Kier molecular flexibility index (Phi) is 4.23. The first-order valence-corrected chi connectivity index (χ1v) is 6.87. The fourth-order valence-electron chi connectivity index (χ4n) is 2.16. The first-order valence-electron chi connectivity index (χ1n) is 6.87. The van der Waals surface area contributed by atoms with Crippen LogP contribution in [0.5, 0.6) is 0 Å². The van der Waals surface area contributed by atoms with Gasteiger partial charge in [-0.25, -0.2) is 0 Å². The first-order chi connectivity index (χ1) is 9.45. The zero-order valence-electron chi connectivity index (χ0n) is 12.1. The minimum Gasteiger partial charge on any atom is -0.354 e. The Morgan fingerprint density at radius 1 is 1.30 bits per heavy atom. The number of amides is 1. The Labute approximate surface area is 118 Å². The fourth-order valence-corrected chi connectivity index (χ4v) is 2.16. The largest absolute Gasteiger partial charge is 0.354 e. The number of fused-ring (bicyclic) bond motifs is 1. The number of pyridine rings is 1. The Morgan fingerprint density at radius 2 is 2.05 bits per heavy atom. The fraction of sp³-hybridized carbons (Fsp3) is 0.375. The first kappa shape index (κ1) is 14.3. The van der Waals surface area contributed by atoms with E-state index in [1.807, 2.05) is 38.1 Å². The molecule has 0 atom stereocenters. The van der Waals surface area contributed by atoms with Gasteiger partial charge in [-0.1, -0.05) is 12.1 Å². The number of carbonyl (C=O) groups excluding carboxylic acids is 1. The maximum Gasteiger partial charge on any atom is 0.251 e. The number of aryl methyl sites for hydroxylation is 2. The average Bonchev–Trinajstić information content (AvgIpc) is 2.37. The molecule has 2 rings (SSSR count). The van der Waals surface area contributed by atoms with Gasteiger partial charge in [0.2, 0.25) is 5.91 Å². The van der Waals surface area contributed by atoms with Crippen LogP contribution in [0.1, 0.15) is 31.4 Å². The molecule has 0 aliphatic rings. The lowest BCUT2D eigenvalue weighted by Crippen LogP contribution is -2.30. The highest BCUT2D eigenvalue weighted by molar-refractivity contribution is 5.80. The van der Waals surface area contributed by atoms with Crippen LogP contribution in [-0.2, 0) is 11.2 Å². The molecule has 4 nitrogen and oxygen atoms in total. The minimum absolute atomic E-state index is 0.0532. The molecule has 0 aliphatic carbocycles. The number of hydrogen-bond donors (Lipinski definition) is 2. The van der Waals surface area contributed by atoms with Crippen LogP contribution in [0.4, 0.5) is 0 Å². The van der Waals surface area contributed by atoms with E-state index in [0.29, 0.717) is 18.4 Å². The molecule has 1 aromatic heterocycles. The highest BCUT2D eigenvalue weighted by Crippen LogP contribution is 2.14. The molecule has 0 bridgehead atoms. The standard InChI is InChI=1S/C16H20N2O2/c1-10(2)17-15(19)7-5-12-4-6-13-8-11(3)16(20)18-14(13)9-12/h4,6,8-10H,5,7H2,1-3H3,(H,17,19)(H,18,20). The van der Waals surface area contributed by atoms with Crippen molar-refractivity contribution in [2.45, 2.75) is 39.7 Å². The molecule has 4 heteroatoms. The van der Waals surface area contributed by atoms with Crippen LogP contribution in [0, 0.1) is 6.92 Å². The van der Waals surface area contributed by atoms with E-state index < -0.39 is 0 Å². The number of benzene rings is 1. The lowest BCUT2D eigenvalue weighted by Gasteiger charge is -2.08. The molecule has 0 spiro atoms. The summed E-state index contributed by atoms with van der Waals surface area (Å²) in [5, 5.41) is 3.88. The lowest BCUT2D eigenvalue weighted by molar-refractivity contribution is -0.121. The van der Waals surface area contributed by atoms with Crippen LogP contribution in [-0.4, -0.2) is 16.9 Å². The lowest BCUT2D eigenvalue weighted by atomic mass is 10.1. The maximum atomic E-state index is 11.6. The summed E-state index contributed by atoms with van der Waals surface area (Å²) in [7, 11) is 0. The highest BCUT2D eigenvalue weighted by atomic mass is 16.1. The van der Waals surface area contributed by atoms with Gasteiger partial charge in [0, 0.05) is 23.5 Å². The second kappa shape index (κ2) is 5.90. The predicted molar refractivity (Wildman–Crippen MR) is 80.9 cm³/mol. The van der Waals surface area contributed by atoms with Crippen molar-refractivity contribution < 1.29 is 4.79 Å². The van der Waals surface area contributed by atoms with Crippen molar-refractivity contribution in [3.63, 3.8) is 0 Å². The monoisotopic (exact) mass is 272 g/mol. The second-order valence-electron chi connectivity index (χ2n) is 5.43. The molecule has 0 unspecified atom stereocenters. The number of hydrogen-bond acceptors (Lipinski definition) is 2. The third-order valence-electron chi connectivity index (χ3n) is 3.19. The number of H-pyrrole nitrogens is 1. The summed E-state index contributed by atoms with van der Waals surface area (Å²) in [4.78, 5) is 26.1. The number of rotatable bonds is 4. The second-order valence-corrected chi connectivity index (χ2v) is 5.43. The Hall–Kier alpha value is -2.10. The molecule has 106 valence electrons. The van der Waals surface area contributed by atoms with Gasteiger partial charge in [0.15, 0.2) is 0 Å². The molecule has 1 aromatic carbocycles. The summed E-state index contributed by atoms with van der Waals surface area (Å²) in [6.45, 7) is 5.68. The van der Waals surface area contributed by atoms with E-state index in [2.05, 4.69) is 10.3 Å². The van der Waals surface area contributed by atoms with Gasteiger partial charge >= 0.3 is 0 Å². The van der Waals surface area contributed by atoms with Crippen molar-refractivity contribution in [1.82, 2.24) is 10.3 Å². The van der Waals surface area contributed by atoms with Crippen LogP contribution in [0.15, 0.2) is 29.1 Å². The Morgan fingerprint density at radius 3 is 2.75 bits per heavy atom. The van der Waals surface area contributed by atoms with E-state index in [1.165, 1.54) is 0 Å². The van der Waals surface area contributed by atoms with Gasteiger partial charge in [-0.3, -0.25) is 9.59 Å². The summed E-state index contributed by atoms with van der Waals surface area (Å²) >= 11 is 0. The van der Waals surface area contributed by atoms with Gasteiger partial charge in [-0.2, -0.15) is 0 Å². The van der Waals surface area contributed by atoms with Crippen molar-refractivity contribution in [2.24, 2.45) is 0 Å². The van der Waals surface area contributed by atoms with Gasteiger partial charge in [0.05, 0.1) is 0 Å². The Balaban J connectivity index is 2.14.